The topological polar surface area (TPSA) is 79.4 Å². The molecule has 1 N–H and O–H groups in total. The van der Waals surface area contributed by atoms with Crippen LogP contribution < -0.4 is 9.62 Å². The van der Waals surface area contributed by atoms with E-state index in [0.717, 1.165) is 10.6 Å². The van der Waals surface area contributed by atoms with Gasteiger partial charge in [0.25, 0.3) is 0 Å². The number of carbonyl (C=O) groups excluding carboxylic acids is 1. The van der Waals surface area contributed by atoms with E-state index >= 15 is 0 Å². The van der Waals surface area contributed by atoms with Gasteiger partial charge in [-0.05, 0) is 18.2 Å². The lowest BCUT2D eigenvalue weighted by Gasteiger charge is -2.11. The molecule has 0 saturated heterocycles. The van der Waals surface area contributed by atoms with Crippen LogP contribution in [0.3, 0.4) is 0 Å². The van der Waals surface area contributed by atoms with E-state index in [0.29, 0.717) is 21.5 Å². The molecule has 0 bridgehead atoms. The van der Waals surface area contributed by atoms with E-state index in [1.807, 2.05) is 0 Å². The highest BCUT2D eigenvalue weighted by molar-refractivity contribution is 7.92. The van der Waals surface area contributed by atoms with Gasteiger partial charge in [0.05, 0.1) is 18.4 Å². The van der Waals surface area contributed by atoms with Gasteiger partial charge in [-0.3, -0.25) is 4.79 Å². The molecule has 0 radical (unpaired) electrons. The lowest BCUT2D eigenvalue weighted by atomic mass is 10.3. The van der Waals surface area contributed by atoms with Crippen molar-refractivity contribution in [1.82, 2.24) is 4.98 Å². The molecule has 1 aromatic heterocycles. The molecule has 0 fully saturated rings. The van der Waals surface area contributed by atoms with Crippen LogP contribution in [0.4, 0.5) is 10.8 Å². The average molecular weight is 360 g/mol. The molecule has 0 spiro atoms. The molecule has 0 atom stereocenters. The van der Waals surface area contributed by atoms with Crippen molar-refractivity contribution in [3.05, 3.63) is 40.4 Å². The zero-order valence-electron chi connectivity index (χ0n) is 11.9. The van der Waals surface area contributed by atoms with E-state index in [2.05, 4.69) is 10.3 Å². The van der Waals surface area contributed by atoms with Gasteiger partial charge >= 0.3 is 0 Å². The smallest absolute Gasteiger partial charge is 0.233 e. The molecule has 118 valence electrons. The van der Waals surface area contributed by atoms with Crippen LogP contribution in [0.5, 0.6) is 0 Å². The predicted molar refractivity (Wildman–Crippen MR) is 89.1 cm³/mol. The van der Waals surface area contributed by atoms with Crippen molar-refractivity contribution in [1.29, 1.82) is 0 Å². The van der Waals surface area contributed by atoms with Crippen molar-refractivity contribution in [2.45, 2.75) is 6.42 Å². The number of nitrogens with zero attached hydrogens (tertiary/aromatic N) is 2. The zero-order valence-corrected chi connectivity index (χ0v) is 14.3. The quantitative estimate of drug-likeness (QED) is 0.888. The van der Waals surface area contributed by atoms with Crippen molar-refractivity contribution < 1.29 is 13.2 Å². The lowest BCUT2D eigenvalue weighted by molar-refractivity contribution is -0.115. The third kappa shape index (κ3) is 4.43. The Bertz CT molecular complexity index is 789. The minimum absolute atomic E-state index is 0.0562. The number of hydrogen-bond donors (Lipinski definition) is 1. The summed E-state index contributed by atoms with van der Waals surface area (Å²) in [6.07, 6.45) is 1.15. The summed E-state index contributed by atoms with van der Waals surface area (Å²) in [6, 6.07) is 6.82. The Kier molecular flexibility index (Phi) is 5.05. The maximum absolute atomic E-state index is 11.9. The van der Waals surface area contributed by atoms with Gasteiger partial charge in [-0.1, -0.05) is 17.7 Å². The molecule has 0 saturated carbocycles. The molecule has 2 aromatic rings. The number of sulfonamides is 1. The monoisotopic (exact) mass is 359 g/mol. The Hall–Kier alpha value is -1.64. The Morgan fingerprint density at radius 3 is 2.82 bits per heavy atom. The number of nitrogens with one attached hydrogen (secondary N) is 1. The Balaban J connectivity index is 2.02. The molecule has 9 heteroatoms. The fourth-order valence-corrected chi connectivity index (χ4v) is 3.35. The number of hydrogen-bond acceptors (Lipinski definition) is 5. The van der Waals surface area contributed by atoms with E-state index in [1.165, 1.54) is 18.4 Å². The molecule has 0 aliphatic heterocycles. The molecule has 22 heavy (non-hydrogen) atoms. The number of thiazole rings is 1. The van der Waals surface area contributed by atoms with Crippen molar-refractivity contribution in [3.63, 3.8) is 0 Å². The Labute approximate surface area is 137 Å². The summed E-state index contributed by atoms with van der Waals surface area (Å²) in [5, 5.41) is 5.23. The number of carbonyl (C=O) groups is 1. The average Bonchev–Trinajstić information content (AvgIpc) is 2.84. The van der Waals surface area contributed by atoms with Crippen LogP contribution in [0.1, 0.15) is 5.69 Å². The number of halogens is 1. The van der Waals surface area contributed by atoms with Crippen molar-refractivity contribution in [3.8, 4) is 0 Å². The molecule has 6 nitrogen and oxygen atoms in total. The fourth-order valence-electron chi connectivity index (χ4n) is 1.60. The van der Waals surface area contributed by atoms with Gasteiger partial charge in [-0.25, -0.2) is 17.7 Å². The standard InChI is InChI=1S/C13H14ClN3O3S2/c1-17(22(2,19)20)13-16-11(8-21-13)7-12(18)15-10-5-3-4-9(14)6-10/h3-6,8H,7H2,1-2H3,(H,15,18). The van der Waals surface area contributed by atoms with E-state index < -0.39 is 10.0 Å². The third-order valence-electron chi connectivity index (χ3n) is 2.76. The minimum Gasteiger partial charge on any atom is -0.326 e. The van der Waals surface area contributed by atoms with Gasteiger partial charge in [0.15, 0.2) is 5.13 Å². The van der Waals surface area contributed by atoms with Crippen LogP contribution >= 0.6 is 22.9 Å². The zero-order chi connectivity index (χ0) is 16.3. The number of rotatable bonds is 5. The number of aromatic nitrogens is 1. The number of benzene rings is 1. The second-order valence-electron chi connectivity index (χ2n) is 4.59. The second kappa shape index (κ2) is 6.64. The lowest BCUT2D eigenvalue weighted by Crippen LogP contribution is -2.24. The maximum Gasteiger partial charge on any atom is 0.233 e. The molecule has 1 amide bonds. The molecule has 0 aliphatic rings. The van der Waals surface area contributed by atoms with Crippen molar-refractivity contribution in [2.75, 3.05) is 22.9 Å². The van der Waals surface area contributed by atoms with E-state index in [-0.39, 0.29) is 12.3 Å². The minimum atomic E-state index is -3.36. The normalized spacial score (nSPS) is 11.2. The highest BCUT2D eigenvalue weighted by atomic mass is 35.5. The summed E-state index contributed by atoms with van der Waals surface area (Å²) in [7, 11) is -1.94. The molecule has 0 unspecified atom stereocenters. The molecule has 0 aliphatic carbocycles. The van der Waals surface area contributed by atoms with Crippen LogP contribution in [0, 0.1) is 0 Å². The number of anilines is 2. The van der Waals surface area contributed by atoms with Crippen molar-refractivity contribution in [2.24, 2.45) is 0 Å². The summed E-state index contributed by atoms with van der Waals surface area (Å²) < 4.78 is 24.0. The molecule has 2 rings (SSSR count). The summed E-state index contributed by atoms with van der Waals surface area (Å²) >= 11 is 7.01. The molecular formula is C13H14ClN3O3S2. The van der Waals surface area contributed by atoms with Crippen LogP contribution in [0.15, 0.2) is 29.6 Å². The highest BCUT2D eigenvalue weighted by Crippen LogP contribution is 2.22. The first-order valence-corrected chi connectivity index (χ1v) is 9.30. The van der Waals surface area contributed by atoms with Gasteiger partial charge < -0.3 is 5.32 Å². The Morgan fingerprint density at radius 2 is 2.18 bits per heavy atom. The largest absolute Gasteiger partial charge is 0.326 e. The fraction of sp³-hybridized carbons (Fsp3) is 0.231. The van der Waals surface area contributed by atoms with Crippen LogP contribution in [0.25, 0.3) is 0 Å². The molecule has 1 aromatic carbocycles. The summed E-state index contributed by atoms with van der Waals surface area (Å²) in [5.74, 6) is -0.249. The van der Waals surface area contributed by atoms with Gasteiger partial charge in [0.1, 0.15) is 0 Å². The second-order valence-corrected chi connectivity index (χ2v) is 7.87. The molecular weight excluding hydrogens is 346 g/mol. The van der Waals surface area contributed by atoms with Crippen LogP contribution in [-0.2, 0) is 21.2 Å². The van der Waals surface area contributed by atoms with Crippen molar-refractivity contribution >= 4 is 49.7 Å². The summed E-state index contributed by atoms with van der Waals surface area (Å²) in [4.78, 5) is 16.1. The van der Waals surface area contributed by atoms with E-state index in [1.54, 1.807) is 29.6 Å². The Morgan fingerprint density at radius 1 is 1.45 bits per heavy atom. The van der Waals surface area contributed by atoms with Gasteiger partial charge in [-0.2, -0.15) is 0 Å². The third-order valence-corrected chi connectivity index (χ3v) is 5.24. The molecule has 1 heterocycles. The van der Waals surface area contributed by atoms with Crippen LogP contribution in [-0.4, -0.2) is 32.6 Å². The first-order valence-electron chi connectivity index (χ1n) is 6.19. The van der Waals surface area contributed by atoms with Crippen LogP contribution in [0.2, 0.25) is 5.02 Å². The first-order chi connectivity index (χ1) is 10.3. The van der Waals surface area contributed by atoms with Gasteiger partial charge in [-0.15, -0.1) is 11.3 Å². The maximum atomic E-state index is 11.9. The van der Waals surface area contributed by atoms with Gasteiger partial charge in [0.2, 0.25) is 15.9 Å². The predicted octanol–water partition coefficient (Wildman–Crippen LogP) is 2.37. The highest BCUT2D eigenvalue weighted by Gasteiger charge is 2.16. The SMILES string of the molecule is CN(c1nc(CC(=O)Nc2cccc(Cl)c2)cs1)S(C)(=O)=O. The van der Waals surface area contributed by atoms with E-state index in [9.17, 15) is 13.2 Å². The summed E-state index contributed by atoms with van der Waals surface area (Å²) in [6.45, 7) is 0. The first kappa shape index (κ1) is 16.7. The van der Waals surface area contributed by atoms with Gasteiger partial charge in [0, 0.05) is 23.1 Å². The number of amides is 1. The summed E-state index contributed by atoms with van der Waals surface area (Å²) in [5.41, 5.74) is 1.11. The van der Waals surface area contributed by atoms with E-state index in [4.69, 9.17) is 11.6 Å².